The van der Waals surface area contributed by atoms with E-state index in [0.717, 1.165) is 40.7 Å². The smallest absolute Gasteiger partial charge is 0.231 e. The van der Waals surface area contributed by atoms with Gasteiger partial charge in [0.05, 0.1) is 16.3 Å². The van der Waals surface area contributed by atoms with Gasteiger partial charge in [0.2, 0.25) is 6.79 Å². The third-order valence-corrected chi connectivity index (χ3v) is 6.06. The molecule has 0 amide bonds. The maximum absolute atomic E-state index is 10.7. The number of aliphatic hydroxyl groups excluding tert-OH is 1. The molecule has 0 radical (unpaired) electrons. The molecule has 0 unspecified atom stereocenters. The van der Waals surface area contributed by atoms with E-state index in [9.17, 15) is 5.11 Å². The minimum Gasteiger partial charge on any atom is -0.454 e. The topological polar surface area (TPSA) is 54.8 Å². The van der Waals surface area contributed by atoms with Gasteiger partial charge < -0.3 is 19.5 Å². The summed E-state index contributed by atoms with van der Waals surface area (Å²) in [6, 6.07) is 14.1. The lowest BCUT2D eigenvalue weighted by Gasteiger charge is -2.36. The average Bonchev–Trinajstić information content (AvgIpc) is 3.27. The zero-order chi connectivity index (χ0) is 16.8. The molecule has 25 heavy (non-hydrogen) atoms. The third-order valence-electron chi connectivity index (χ3n) is 4.96. The largest absolute Gasteiger partial charge is 0.454 e. The molecule has 6 heteroatoms. The molecule has 1 fully saturated rings. The predicted molar refractivity (Wildman–Crippen MR) is 97.8 cm³/mol. The lowest BCUT2D eigenvalue weighted by Crippen LogP contribution is -2.42. The molecule has 1 N–H and O–H groups in total. The molecule has 2 aromatic carbocycles. The average molecular weight is 354 g/mol. The fourth-order valence-electron chi connectivity index (χ4n) is 3.63. The van der Waals surface area contributed by atoms with Gasteiger partial charge in [-0.1, -0.05) is 29.5 Å². The van der Waals surface area contributed by atoms with Gasteiger partial charge in [-0.3, -0.25) is 0 Å². The highest BCUT2D eigenvalue weighted by Crippen LogP contribution is 2.39. The summed E-state index contributed by atoms with van der Waals surface area (Å²) in [7, 11) is 0. The number of thiazole rings is 1. The van der Waals surface area contributed by atoms with Crippen molar-refractivity contribution in [2.75, 3.05) is 24.8 Å². The summed E-state index contributed by atoms with van der Waals surface area (Å²) in [5.74, 6) is 1.67. The highest BCUT2D eigenvalue weighted by Gasteiger charge is 2.31. The molecule has 0 spiro atoms. The van der Waals surface area contributed by atoms with Crippen LogP contribution in [-0.4, -0.2) is 36.1 Å². The van der Waals surface area contributed by atoms with Crippen LogP contribution >= 0.6 is 11.3 Å². The maximum atomic E-state index is 10.7. The molecule has 1 saturated heterocycles. The molecule has 3 aromatic rings. The first-order valence-corrected chi connectivity index (χ1v) is 9.28. The molecular formula is C19H18N2O3S. The van der Waals surface area contributed by atoms with Crippen LogP contribution in [0.5, 0.6) is 11.5 Å². The first-order chi connectivity index (χ1) is 12.3. The summed E-state index contributed by atoms with van der Waals surface area (Å²) in [6.45, 7) is 1.76. The molecule has 0 aliphatic carbocycles. The Morgan fingerprint density at radius 1 is 1.12 bits per heavy atom. The number of ether oxygens (including phenoxy) is 2. The standard InChI is InChI=1S/C19H18N2O3S/c22-15-10-21(19-20-14-3-1-2-4-18(14)25-19)8-7-13(15)12-5-6-16-17(9-12)24-11-23-16/h1-6,9,13,15,22H,7-8,10-11H2/t13-,15+/m0/s1. The summed E-state index contributed by atoms with van der Waals surface area (Å²) in [6.07, 6.45) is 0.456. The molecule has 0 bridgehead atoms. The van der Waals surface area contributed by atoms with Crippen molar-refractivity contribution in [3.05, 3.63) is 48.0 Å². The van der Waals surface area contributed by atoms with E-state index in [-0.39, 0.29) is 12.7 Å². The monoisotopic (exact) mass is 354 g/mol. The minimum atomic E-state index is -0.430. The Morgan fingerprint density at radius 2 is 2.00 bits per heavy atom. The van der Waals surface area contributed by atoms with Crippen molar-refractivity contribution in [1.82, 2.24) is 4.98 Å². The first-order valence-electron chi connectivity index (χ1n) is 8.46. The summed E-state index contributed by atoms with van der Waals surface area (Å²) >= 11 is 1.69. The lowest BCUT2D eigenvalue weighted by atomic mass is 9.87. The van der Waals surface area contributed by atoms with E-state index < -0.39 is 6.10 Å². The molecular weight excluding hydrogens is 336 g/mol. The third kappa shape index (κ3) is 2.62. The second-order valence-corrected chi connectivity index (χ2v) is 7.49. The Balaban J connectivity index is 1.36. The number of para-hydroxylation sites is 1. The van der Waals surface area contributed by atoms with Crippen molar-refractivity contribution in [3.63, 3.8) is 0 Å². The zero-order valence-corrected chi connectivity index (χ0v) is 14.4. The molecule has 0 saturated carbocycles. The Bertz CT molecular complexity index is 893. The van der Waals surface area contributed by atoms with Crippen molar-refractivity contribution in [3.8, 4) is 11.5 Å². The highest BCUT2D eigenvalue weighted by atomic mass is 32.1. The molecule has 2 aliphatic heterocycles. The number of benzene rings is 2. The van der Waals surface area contributed by atoms with Crippen molar-refractivity contribution in [2.45, 2.75) is 18.4 Å². The second-order valence-electron chi connectivity index (χ2n) is 6.49. The van der Waals surface area contributed by atoms with E-state index >= 15 is 0 Å². The number of β-amino-alcohol motifs (C(OH)–C–C–N with tert-alkyl or cyclic N) is 1. The Kier molecular flexibility index (Phi) is 3.53. The number of anilines is 1. The number of aliphatic hydroxyl groups is 1. The summed E-state index contributed by atoms with van der Waals surface area (Å²) in [5, 5.41) is 11.7. The van der Waals surface area contributed by atoms with Gasteiger partial charge in [-0.2, -0.15) is 0 Å². The number of aromatic nitrogens is 1. The van der Waals surface area contributed by atoms with Gasteiger partial charge in [0, 0.05) is 19.0 Å². The van der Waals surface area contributed by atoms with E-state index in [1.807, 2.05) is 36.4 Å². The second kappa shape index (κ2) is 5.89. The molecule has 128 valence electrons. The van der Waals surface area contributed by atoms with Gasteiger partial charge in [0.15, 0.2) is 16.6 Å². The van der Waals surface area contributed by atoms with Crippen LogP contribution in [0.25, 0.3) is 10.2 Å². The molecule has 5 nitrogen and oxygen atoms in total. The molecule has 3 heterocycles. The first kappa shape index (κ1) is 15.0. The molecule has 5 rings (SSSR count). The Hall–Kier alpha value is -2.31. The summed E-state index contributed by atoms with van der Waals surface area (Å²) in [5.41, 5.74) is 2.13. The van der Waals surface area contributed by atoms with Crippen molar-refractivity contribution in [1.29, 1.82) is 0 Å². The van der Waals surface area contributed by atoms with Crippen LogP contribution in [-0.2, 0) is 0 Å². The van der Waals surface area contributed by atoms with E-state index in [0.29, 0.717) is 6.54 Å². The number of rotatable bonds is 2. The van der Waals surface area contributed by atoms with E-state index in [4.69, 9.17) is 14.5 Å². The number of piperidine rings is 1. The van der Waals surface area contributed by atoms with Crippen LogP contribution in [0.1, 0.15) is 17.9 Å². The van der Waals surface area contributed by atoms with Crippen molar-refractivity contribution < 1.29 is 14.6 Å². The molecule has 1 aromatic heterocycles. The van der Waals surface area contributed by atoms with Crippen molar-refractivity contribution in [2.24, 2.45) is 0 Å². The van der Waals surface area contributed by atoms with Gasteiger partial charge in [-0.05, 0) is 36.2 Å². The van der Waals surface area contributed by atoms with Gasteiger partial charge in [-0.25, -0.2) is 4.98 Å². The summed E-state index contributed by atoms with van der Waals surface area (Å²) < 4.78 is 12.0. The van der Waals surface area contributed by atoms with Gasteiger partial charge in [0.25, 0.3) is 0 Å². The van der Waals surface area contributed by atoms with E-state index in [1.54, 1.807) is 11.3 Å². The fraction of sp³-hybridized carbons (Fsp3) is 0.316. The predicted octanol–water partition coefficient (Wildman–Crippen LogP) is 3.38. The number of fused-ring (bicyclic) bond motifs is 2. The van der Waals surface area contributed by atoms with Crippen LogP contribution in [0.3, 0.4) is 0 Å². The van der Waals surface area contributed by atoms with Crippen LogP contribution < -0.4 is 14.4 Å². The highest BCUT2D eigenvalue weighted by molar-refractivity contribution is 7.22. The number of nitrogens with zero attached hydrogens (tertiary/aromatic N) is 2. The maximum Gasteiger partial charge on any atom is 0.231 e. The normalized spacial score (nSPS) is 22.5. The van der Waals surface area contributed by atoms with Crippen LogP contribution in [0.2, 0.25) is 0 Å². The van der Waals surface area contributed by atoms with Crippen molar-refractivity contribution >= 4 is 26.7 Å². The Morgan fingerprint density at radius 3 is 2.88 bits per heavy atom. The fourth-order valence-corrected chi connectivity index (χ4v) is 4.63. The van der Waals surface area contributed by atoms with Gasteiger partial charge in [-0.15, -0.1) is 0 Å². The van der Waals surface area contributed by atoms with Crippen LogP contribution in [0.4, 0.5) is 5.13 Å². The Labute approximate surface area is 149 Å². The lowest BCUT2D eigenvalue weighted by molar-refractivity contribution is 0.130. The zero-order valence-electron chi connectivity index (χ0n) is 13.6. The summed E-state index contributed by atoms with van der Waals surface area (Å²) in [4.78, 5) is 6.91. The quantitative estimate of drug-likeness (QED) is 0.765. The minimum absolute atomic E-state index is 0.111. The number of hydrogen-bond donors (Lipinski definition) is 1. The van der Waals surface area contributed by atoms with Gasteiger partial charge in [0.1, 0.15) is 0 Å². The molecule has 2 atom stereocenters. The van der Waals surface area contributed by atoms with Gasteiger partial charge >= 0.3 is 0 Å². The SMILES string of the molecule is O[C@@H]1CN(c2nc3ccccc3s2)CC[C@H]1c1ccc2c(c1)OCO2. The number of hydrogen-bond acceptors (Lipinski definition) is 6. The molecule has 2 aliphatic rings. The van der Waals surface area contributed by atoms with Crippen LogP contribution in [0, 0.1) is 0 Å². The van der Waals surface area contributed by atoms with E-state index in [1.165, 1.54) is 4.70 Å². The van der Waals surface area contributed by atoms with E-state index in [2.05, 4.69) is 11.0 Å². The van der Waals surface area contributed by atoms with Crippen LogP contribution in [0.15, 0.2) is 42.5 Å².